The number of aromatic nitrogens is 1. The van der Waals surface area contributed by atoms with Crippen molar-refractivity contribution in [1.82, 2.24) is 4.98 Å². The van der Waals surface area contributed by atoms with Crippen molar-refractivity contribution < 1.29 is 14.6 Å². The largest absolute Gasteiger partial charge is 0.479 e. The van der Waals surface area contributed by atoms with E-state index in [-0.39, 0.29) is 5.41 Å². The van der Waals surface area contributed by atoms with Gasteiger partial charge in [0.15, 0.2) is 6.10 Å². The van der Waals surface area contributed by atoms with Gasteiger partial charge in [0.2, 0.25) is 0 Å². The van der Waals surface area contributed by atoms with Crippen molar-refractivity contribution >= 4 is 11.7 Å². The third-order valence-corrected chi connectivity index (χ3v) is 6.81. The van der Waals surface area contributed by atoms with Crippen LogP contribution in [-0.4, -0.2) is 34.8 Å². The van der Waals surface area contributed by atoms with Crippen molar-refractivity contribution in [1.29, 1.82) is 0 Å². The lowest BCUT2D eigenvalue weighted by Gasteiger charge is -2.41. The topological polar surface area (TPSA) is 62.7 Å². The maximum absolute atomic E-state index is 12.6. The smallest absolute Gasteiger partial charge is 0.337 e. The van der Waals surface area contributed by atoms with Crippen LogP contribution in [0.2, 0.25) is 0 Å². The summed E-state index contributed by atoms with van der Waals surface area (Å²) in [7, 11) is 0. The lowest BCUT2D eigenvalue weighted by Crippen LogP contribution is -2.39. The minimum atomic E-state index is -1.09. The molecule has 1 fully saturated rings. The monoisotopic (exact) mass is 466 g/mol. The highest BCUT2D eigenvalue weighted by Gasteiger charge is 2.36. The molecule has 5 nitrogen and oxygen atoms in total. The molecule has 186 valence electrons. The first-order chi connectivity index (χ1) is 15.7. The van der Waals surface area contributed by atoms with Crippen molar-refractivity contribution in [2.24, 2.45) is 5.41 Å². The number of anilines is 1. The third kappa shape index (κ3) is 5.80. The molecule has 1 aliphatic rings. The fourth-order valence-corrected chi connectivity index (χ4v) is 4.81. The fraction of sp³-hybridized carbons (Fsp3) is 0.586. The molecule has 0 aliphatic carbocycles. The standard InChI is InChI=1S/C29H42N2O3/c1-18(2)21-11-10-12-22(17-21)23-19(3)30-20(4)24(26(27(32)33)34-28(5,6)7)25(23)31-15-13-29(8,9)14-16-31/h10-12,17-18,26H,13-16H2,1-9H3,(H,32,33). The van der Waals surface area contributed by atoms with Gasteiger partial charge in [0, 0.05) is 35.6 Å². The van der Waals surface area contributed by atoms with E-state index in [9.17, 15) is 9.90 Å². The van der Waals surface area contributed by atoms with Crippen LogP contribution < -0.4 is 4.90 Å². The molecule has 0 amide bonds. The molecule has 1 saturated heterocycles. The van der Waals surface area contributed by atoms with E-state index in [1.54, 1.807) is 0 Å². The van der Waals surface area contributed by atoms with E-state index < -0.39 is 17.7 Å². The predicted octanol–water partition coefficient (Wildman–Crippen LogP) is 7.06. The summed E-state index contributed by atoms with van der Waals surface area (Å²) in [5.74, 6) is -0.586. The van der Waals surface area contributed by atoms with Crippen LogP contribution in [-0.2, 0) is 9.53 Å². The van der Waals surface area contributed by atoms with Gasteiger partial charge in [0.25, 0.3) is 0 Å². The maximum atomic E-state index is 12.6. The molecule has 1 N–H and O–H groups in total. The average molecular weight is 467 g/mol. The van der Waals surface area contributed by atoms with E-state index in [1.807, 2.05) is 34.6 Å². The van der Waals surface area contributed by atoms with Crippen molar-refractivity contribution in [2.75, 3.05) is 18.0 Å². The number of aryl methyl sites for hydroxylation is 2. The van der Waals surface area contributed by atoms with Crippen molar-refractivity contribution in [3.8, 4) is 11.1 Å². The molecule has 1 unspecified atom stereocenters. The second-order valence-corrected chi connectivity index (χ2v) is 11.8. The minimum Gasteiger partial charge on any atom is -0.479 e. The molecule has 5 heteroatoms. The molecule has 1 aromatic carbocycles. The summed E-state index contributed by atoms with van der Waals surface area (Å²) in [5.41, 5.74) is 6.31. The number of pyridine rings is 1. The Labute approximate surface area is 205 Å². The van der Waals surface area contributed by atoms with Gasteiger partial charge < -0.3 is 14.7 Å². The van der Waals surface area contributed by atoms with Crippen LogP contribution in [0, 0.1) is 19.3 Å². The molecule has 0 spiro atoms. The second-order valence-electron chi connectivity index (χ2n) is 11.8. The molecule has 1 aromatic heterocycles. The van der Waals surface area contributed by atoms with Gasteiger partial charge in [-0.15, -0.1) is 0 Å². The molecule has 0 saturated carbocycles. The van der Waals surface area contributed by atoms with Crippen LogP contribution in [0.3, 0.4) is 0 Å². The van der Waals surface area contributed by atoms with Gasteiger partial charge in [0.05, 0.1) is 11.3 Å². The first kappa shape index (κ1) is 26.2. The Morgan fingerprint density at radius 1 is 1.12 bits per heavy atom. The number of ether oxygens (including phenoxy) is 1. The molecule has 3 rings (SSSR count). The van der Waals surface area contributed by atoms with Crippen LogP contribution in [0.5, 0.6) is 0 Å². The molecule has 2 aromatic rings. The number of benzene rings is 1. The zero-order valence-corrected chi connectivity index (χ0v) is 22.5. The van der Waals surface area contributed by atoms with Gasteiger partial charge in [-0.25, -0.2) is 4.79 Å². The lowest BCUT2D eigenvalue weighted by atomic mass is 9.81. The highest BCUT2D eigenvalue weighted by molar-refractivity contribution is 5.88. The summed E-state index contributed by atoms with van der Waals surface area (Å²) >= 11 is 0. The zero-order valence-electron chi connectivity index (χ0n) is 22.5. The SMILES string of the molecule is Cc1nc(C)c(C(OC(C)(C)C)C(=O)O)c(N2CCC(C)(C)CC2)c1-c1cccc(C(C)C)c1. The average Bonchev–Trinajstić information content (AvgIpc) is 2.71. The Balaban J connectivity index is 2.32. The van der Waals surface area contributed by atoms with Gasteiger partial charge in [0.1, 0.15) is 0 Å². The highest BCUT2D eigenvalue weighted by Crippen LogP contribution is 2.45. The van der Waals surface area contributed by atoms with E-state index in [2.05, 4.69) is 56.9 Å². The maximum Gasteiger partial charge on any atom is 0.337 e. The second kappa shape index (κ2) is 9.69. The van der Waals surface area contributed by atoms with Crippen LogP contribution >= 0.6 is 0 Å². The van der Waals surface area contributed by atoms with Crippen molar-refractivity contribution in [3.05, 3.63) is 46.8 Å². The number of nitrogens with zero attached hydrogens (tertiary/aromatic N) is 2. The summed E-state index contributed by atoms with van der Waals surface area (Å²) in [6.45, 7) is 20.4. The van der Waals surface area contributed by atoms with Gasteiger partial charge in [-0.1, -0.05) is 52.0 Å². The number of carbonyl (C=O) groups is 1. The van der Waals surface area contributed by atoms with E-state index in [4.69, 9.17) is 9.72 Å². The highest BCUT2D eigenvalue weighted by atomic mass is 16.5. The van der Waals surface area contributed by atoms with Crippen LogP contribution in [0.4, 0.5) is 5.69 Å². The Hall–Kier alpha value is -2.40. The van der Waals surface area contributed by atoms with Crippen molar-refractivity contribution in [3.63, 3.8) is 0 Å². The number of rotatable bonds is 6. The normalized spacial score (nSPS) is 17.2. The number of aliphatic carboxylic acids is 1. The molecule has 1 aliphatic heterocycles. The molecular weight excluding hydrogens is 424 g/mol. The minimum absolute atomic E-state index is 0.277. The van der Waals surface area contributed by atoms with Crippen LogP contribution in [0.1, 0.15) is 95.8 Å². The number of carboxylic acids is 1. The van der Waals surface area contributed by atoms with Gasteiger partial charge in [-0.3, -0.25) is 4.98 Å². The Kier molecular flexibility index (Phi) is 7.47. The number of hydrogen-bond acceptors (Lipinski definition) is 4. The van der Waals surface area contributed by atoms with E-state index in [0.29, 0.717) is 11.5 Å². The predicted molar refractivity (Wildman–Crippen MR) is 140 cm³/mol. The Morgan fingerprint density at radius 3 is 2.26 bits per heavy atom. The van der Waals surface area contributed by atoms with Gasteiger partial charge >= 0.3 is 5.97 Å². The first-order valence-electron chi connectivity index (χ1n) is 12.5. The summed E-state index contributed by atoms with van der Waals surface area (Å²) in [6, 6.07) is 8.59. The van der Waals surface area contributed by atoms with Crippen LogP contribution in [0.15, 0.2) is 24.3 Å². The molecule has 2 heterocycles. The quantitative estimate of drug-likeness (QED) is 0.494. The Morgan fingerprint density at radius 2 is 1.74 bits per heavy atom. The van der Waals surface area contributed by atoms with E-state index in [0.717, 1.165) is 54.1 Å². The van der Waals surface area contributed by atoms with Gasteiger partial charge in [-0.2, -0.15) is 0 Å². The first-order valence-corrected chi connectivity index (χ1v) is 12.5. The summed E-state index contributed by atoms with van der Waals surface area (Å²) in [6.07, 6.45) is 1.01. The number of carboxylic acid groups (broad SMARTS) is 1. The Bertz CT molecular complexity index is 1040. The lowest BCUT2D eigenvalue weighted by molar-refractivity contribution is -0.160. The molecule has 34 heavy (non-hydrogen) atoms. The van der Waals surface area contributed by atoms with Crippen LogP contribution in [0.25, 0.3) is 11.1 Å². The summed E-state index contributed by atoms with van der Waals surface area (Å²) in [4.78, 5) is 19.8. The molecule has 0 radical (unpaired) electrons. The van der Waals surface area contributed by atoms with E-state index in [1.165, 1.54) is 5.56 Å². The fourth-order valence-electron chi connectivity index (χ4n) is 4.81. The summed E-state index contributed by atoms with van der Waals surface area (Å²) in [5, 5.41) is 10.3. The number of hydrogen-bond donors (Lipinski definition) is 1. The molecular formula is C29H42N2O3. The van der Waals surface area contributed by atoms with E-state index >= 15 is 0 Å². The molecule has 0 bridgehead atoms. The number of piperidine rings is 1. The molecule has 1 atom stereocenters. The van der Waals surface area contributed by atoms with Gasteiger partial charge in [-0.05, 0) is 69.9 Å². The third-order valence-electron chi connectivity index (χ3n) is 6.81. The summed E-state index contributed by atoms with van der Waals surface area (Å²) < 4.78 is 6.17. The van der Waals surface area contributed by atoms with Crippen molar-refractivity contribution in [2.45, 2.75) is 92.8 Å². The zero-order chi connectivity index (χ0) is 25.4.